The molecule has 1 saturated heterocycles. The normalized spacial score (nSPS) is 20.6. The molecular formula is C20H18F2N6O2S. The van der Waals surface area contributed by atoms with Gasteiger partial charge in [0.25, 0.3) is 5.91 Å². The van der Waals surface area contributed by atoms with Gasteiger partial charge in [0.2, 0.25) is 0 Å². The van der Waals surface area contributed by atoms with E-state index in [1.54, 1.807) is 18.1 Å². The standard InChI is InChI=1S/C20H18F2N6O2S/c1-3-20-10-30-7-6-28(20)18-14(27(2)19(20)29)9-23-17(24-18)16-15(25-26-31-16)12-5-4-11(21)8-13(12)22/h4-5,8-9H,3,6-7,10H2,1-2H3/t20-/m1/s1. The zero-order valence-electron chi connectivity index (χ0n) is 16.8. The Labute approximate surface area is 180 Å². The second kappa shape index (κ2) is 7.27. The van der Waals surface area contributed by atoms with Crippen LogP contribution in [-0.4, -0.2) is 57.8 Å². The number of ether oxygens (including phenoxy) is 1. The van der Waals surface area contributed by atoms with Gasteiger partial charge in [0.05, 0.1) is 19.4 Å². The van der Waals surface area contributed by atoms with E-state index >= 15 is 0 Å². The van der Waals surface area contributed by atoms with Gasteiger partial charge in [-0.15, -0.1) is 5.10 Å². The van der Waals surface area contributed by atoms with Gasteiger partial charge in [0.15, 0.2) is 11.6 Å². The first-order valence-electron chi connectivity index (χ1n) is 9.75. The first kappa shape index (κ1) is 19.9. The van der Waals surface area contributed by atoms with E-state index in [-0.39, 0.29) is 23.8 Å². The van der Waals surface area contributed by atoms with Crippen LogP contribution < -0.4 is 9.80 Å². The Hall–Kier alpha value is -3.05. The van der Waals surface area contributed by atoms with Crippen molar-refractivity contribution in [2.24, 2.45) is 0 Å². The molecule has 0 aliphatic carbocycles. The fraction of sp³-hybridized carbons (Fsp3) is 0.350. The van der Waals surface area contributed by atoms with Gasteiger partial charge < -0.3 is 14.5 Å². The van der Waals surface area contributed by atoms with Gasteiger partial charge in [-0.25, -0.2) is 18.7 Å². The highest BCUT2D eigenvalue weighted by Gasteiger charge is 2.52. The van der Waals surface area contributed by atoms with Crippen LogP contribution in [0.3, 0.4) is 0 Å². The van der Waals surface area contributed by atoms with E-state index in [2.05, 4.69) is 14.6 Å². The largest absolute Gasteiger partial charge is 0.377 e. The lowest BCUT2D eigenvalue weighted by molar-refractivity contribution is -0.128. The van der Waals surface area contributed by atoms with Crippen molar-refractivity contribution in [1.82, 2.24) is 19.6 Å². The fourth-order valence-electron chi connectivity index (χ4n) is 4.15. The number of morpholine rings is 1. The quantitative estimate of drug-likeness (QED) is 0.614. The van der Waals surface area contributed by atoms with Crippen LogP contribution >= 0.6 is 11.5 Å². The third kappa shape index (κ3) is 2.91. The zero-order chi connectivity index (χ0) is 21.8. The minimum Gasteiger partial charge on any atom is -0.377 e. The molecule has 1 amide bonds. The second-order valence-corrected chi connectivity index (χ2v) is 8.18. The molecule has 8 nitrogen and oxygen atoms in total. The molecule has 0 bridgehead atoms. The molecule has 5 rings (SSSR count). The molecule has 4 heterocycles. The van der Waals surface area contributed by atoms with E-state index in [0.29, 0.717) is 41.8 Å². The van der Waals surface area contributed by atoms with Crippen molar-refractivity contribution in [3.05, 3.63) is 36.0 Å². The molecule has 0 radical (unpaired) electrons. The average molecular weight is 444 g/mol. The monoisotopic (exact) mass is 444 g/mol. The Morgan fingerprint density at radius 3 is 2.94 bits per heavy atom. The van der Waals surface area contributed by atoms with E-state index in [4.69, 9.17) is 9.72 Å². The lowest BCUT2D eigenvalue weighted by Gasteiger charge is -2.51. The first-order chi connectivity index (χ1) is 15.0. The molecule has 160 valence electrons. The SMILES string of the molecule is CC[C@]12COCCN1c1nc(-c3snnc3-c3ccc(F)cc3F)ncc1N(C)C2=O. The molecule has 3 aromatic rings. The van der Waals surface area contributed by atoms with Crippen LogP contribution in [0.5, 0.6) is 0 Å². The van der Waals surface area contributed by atoms with Crippen molar-refractivity contribution < 1.29 is 18.3 Å². The molecule has 31 heavy (non-hydrogen) atoms. The molecule has 2 aromatic heterocycles. The molecule has 1 atom stereocenters. The van der Waals surface area contributed by atoms with E-state index in [0.717, 1.165) is 17.6 Å². The first-order valence-corrected chi connectivity index (χ1v) is 10.5. The van der Waals surface area contributed by atoms with Crippen LogP contribution in [0.1, 0.15) is 13.3 Å². The fourth-order valence-corrected chi connectivity index (χ4v) is 4.77. The topological polar surface area (TPSA) is 84.3 Å². The highest BCUT2D eigenvalue weighted by atomic mass is 32.1. The summed E-state index contributed by atoms with van der Waals surface area (Å²) < 4.78 is 37.3. The number of benzene rings is 1. The molecule has 2 aliphatic rings. The summed E-state index contributed by atoms with van der Waals surface area (Å²) in [5.74, 6) is -0.558. The molecule has 0 N–H and O–H groups in total. The van der Waals surface area contributed by atoms with Crippen LogP contribution in [0.4, 0.5) is 20.3 Å². The Morgan fingerprint density at radius 1 is 1.32 bits per heavy atom. The Balaban J connectivity index is 1.64. The van der Waals surface area contributed by atoms with E-state index in [9.17, 15) is 13.6 Å². The van der Waals surface area contributed by atoms with Gasteiger partial charge in [-0.1, -0.05) is 11.4 Å². The van der Waals surface area contributed by atoms with Gasteiger partial charge in [0, 0.05) is 25.2 Å². The Morgan fingerprint density at radius 2 is 2.16 bits per heavy atom. The summed E-state index contributed by atoms with van der Waals surface area (Å²) in [4.78, 5) is 26.3. The number of hydrogen-bond donors (Lipinski definition) is 0. The van der Waals surface area contributed by atoms with Crippen molar-refractivity contribution in [3.8, 4) is 22.0 Å². The van der Waals surface area contributed by atoms with Crippen molar-refractivity contribution in [3.63, 3.8) is 0 Å². The molecule has 1 fully saturated rings. The maximum atomic E-state index is 14.4. The summed E-state index contributed by atoms with van der Waals surface area (Å²) in [7, 11) is 1.70. The number of carbonyl (C=O) groups excluding carboxylic acids is 1. The molecule has 0 saturated carbocycles. The molecule has 2 aliphatic heterocycles. The molecule has 0 spiro atoms. The van der Waals surface area contributed by atoms with Crippen LogP contribution in [-0.2, 0) is 9.53 Å². The lowest BCUT2D eigenvalue weighted by atomic mass is 9.89. The second-order valence-electron chi connectivity index (χ2n) is 7.43. The van der Waals surface area contributed by atoms with Gasteiger partial charge in [-0.05, 0) is 30.1 Å². The van der Waals surface area contributed by atoms with E-state index in [1.807, 2.05) is 11.8 Å². The Bertz CT molecular complexity index is 1190. The predicted molar refractivity (Wildman–Crippen MR) is 111 cm³/mol. The summed E-state index contributed by atoms with van der Waals surface area (Å²) >= 11 is 1.03. The molecule has 11 heteroatoms. The summed E-state index contributed by atoms with van der Waals surface area (Å²) in [6.45, 7) is 3.21. The Kier molecular flexibility index (Phi) is 4.67. The van der Waals surface area contributed by atoms with Crippen LogP contribution in [0.25, 0.3) is 22.0 Å². The number of halogens is 2. The molecule has 0 unspecified atom stereocenters. The van der Waals surface area contributed by atoms with Crippen molar-refractivity contribution >= 4 is 28.9 Å². The lowest BCUT2D eigenvalue weighted by Crippen LogP contribution is -2.68. The summed E-state index contributed by atoms with van der Waals surface area (Å²) in [5.41, 5.74) is 0.120. The van der Waals surface area contributed by atoms with E-state index < -0.39 is 17.2 Å². The summed E-state index contributed by atoms with van der Waals surface area (Å²) in [5, 5.41) is 4.03. The minimum absolute atomic E-state index is 0.0629. The number of hydrogen-bond acceptors (Lipinski definition) is 8. The number of carbonyl (C=O) groups is 1. The molecular weight excluding hydrogens is 426 g/mol. The van der Waals surface area contributed by atoms with Crippen LogP contribution in [0.15, 0.2) is 24.4 Å². The van der Waals surface area contributed by atoms with E-state index in [1.165, 1.54) is 12.1 Å². The predicted octanol–water partition coefficient (Wildman–Crippen LogP) is 2.90. The van der Waals surface area contributed by atoms with Gasteiger partial charge in [-0.3, -0.25) is 4.79 Å². The number of aromatic nitrogens is 4. The minimum atomic E-state index is -0.830. The van der Waals surface area contributed by atoms with Crippen LogP contribution in [0, 0.1) is 11.6 Å². The summed E-state index contributed by atoms with van der Waals surface area (Å²) in [6.07, 6.45) is 2.14. The number of anilines is 2. The van der Waals surface area contributed by atoms with Gasteiger partial charge in [-0.2, -0.15) is 0 Å². The van der Waals surface area contributed by atoms with Crippen LogP contribution in [0.2, 0.25) is 0 Å². The third-order valence-electron chi connectivity index (χ3n) is 5.85. The van der Waals surface area contributed by atoms with Gasteiger partial charge >= 0.3 is 0 Å². The van der Waals surface area contributed by atoms with Crippen molar-refractivity contribution in [1.29, 1.82) is 0 Å². The summed E-state index contributed by atoms with van der Waals surface area (Å²) in [6, 6.07) is 3.29. The highest BCUT2D eigenvalue weighted by Crippen LogP contribution is 2.43. The van der Waals surface area contributed by atoms with Gasteiger partial charge in [0.1, 0.15) is 33.4 Å². The van der Waals surface area contributed by atoms with Crippen molar-refractivity contribution in [2.75, 3.05) is 36.6 Å². The maximum absolute atomic E-state index is 14.4. The average Bonchev–Trinajstić information content (AvgIpc) is 3.26. The maximum Gasteiger partial charge on any atom is 0.255 e. The highest BCUT2D eigenvalue weighted by molar-refractivity contribution is 7.09. The zero-order valence-corrected chi connectivity index (χ0v) is 17.6. The number of likely N-dealkylation sites (N-methyl/N-ethyl adjacent to an activating group) is 1. The number of nitrogens with zero attached hydrogens (tertiary/aromatic N) is 6. The molecule has 1 aromatic carbocycles. The number of rotatable bonds is 3. The number of amides is 1. The third-order valence-corrected chi connectivity index (χ3v) is 6.57. The number of fused-ring (bicyclic) bond motifs is 3. The van der Waals surface area contributed by atoms with Crippen molar-refractivity contribution in [2.45, 2.75) is 18.9 Å². The smallest absolute Gasteiger partial charge is 0.255 e.